The summed E-state index contributed by atoms with van der Waals surface area (Å²) >= 11 is 0. The van der Waals surface area contributed by atoms with E-state index in [0.29, 0.717) is 90.6 Å². The first-order valence-electron chi connectivity index (χ1n) is 16.7. The molecule has 1 aromatic rings. The maximum absolute atomic E-state index is 13.6. The Balaban J connectivity index is 1.23. The molecule has 13 nitrogen and oxygen atoms in total. The topological polar surface area (TPSA) is 148 Å². The Labute approximate surface area is 271 Å². The fourth-order valence-corrected chi connectivity index (χ4v) is 7.03. The van der Waals surface area contributed by atoms with E-state index < -0.39 is 0 Å². The summed E-state index contributed by atoms with van der Waals surface area (Å²) in [6.45, 7) is 4.56. The van der Waals surface area contributed by atoms with E-state index in [1.807, 2.05) is 35.2 Å². The van der Waals surface area contributed by atoms with E-state index in [-0.39, 0.29) is 73.4 Å². The highest BCUT2D eigenvalue weighted by molar-refractivity contribution is 5.83. The van der Waals surface area contributed by atoms with Crippen LogP contribution in [0, 0.1) is 11.8 Å². The van der Waals surface area contributed by atoms with E-state index in [1.165, 1.54) is 0 Å². The van der Waals surface area contributed by atoms with Gasteiger partial charge in [-0.05, 0) is 56.1 Å². The number of carbonyl (C=O) groups excluding carboxylic acids is 4. The molecule has 2 bridgehead atoms. The largest absolute Gasteiger partial charge is 0.484 e. The van der Waals surface area contributed by atoms with Crippen LogP contribution in [-0.4, -0.2) is 131 Å². The predicted octanol–water partition coefficient (Wildman–Crippen LogP) is 0.328. The van der Waals surface area contributed by atoms with Crippen LogP contribution in [0.25, 0.3) is 0 Å². The molecular weight excluding hydrogens is 594 g/mol. The van der Waals surface area contributed by atoms with E-state index in [1.54, 1.807) is 0 Å². The third-order valence-corrected chi connectivity index (χ3v) is 9.45. The Morgan fingerprint density at radius 3 is 2.43 bits per heavy atom. The zero-order valence-corrected chi connectivity index (χ0v) is 26.7. The van der Waals surface area contributed by atoms with Gasteiger partial charge in [0.15, 0.2) is 6.61 Å². The summed E-state index contributed by atoms with van der Waals surface area (Å²) in [7, 11) is 0. The maximum Gasteiger partial charge on any atom is 0.260 e. The second-order valence-electron chi connectivity index (χ2n) is 12.6. The lowest BCUT2D eigenvalue weighted by molar-refractivity contribution is -0.136. The summed E-state index contributed by atoms with van der Waals surface area (Å²) in [6, 6.07) is 8.95. The van der Waals surface area contributed by atoms with Crippen molar-refractivity contribution in [3.63, 3.8) is 0 Å². The lowest BCUT2D eigenvalue weighted by Gasteiger charge is -2.39. The number of likely N-dealkylation sites (tertiary alicyclic amines) is 2. The van der Waals surface area contributed by atoms with Crippen molar-refractivity contribution in [3.8, 4) is 5.75 Å². The molecule has 4 saturated heterocycles. The average Bonchev–Trinajstić information content (AvgIpc) is 3.49. The average molecular weight is 644 g/mol. The Kier molecular flexibility index (Phi) is 13.0. The van der Waals surface area contributed by atoms with Gasteiger partial charge in [0.2, 0.25) is 17.7 Å². The molecule has 0 aliphatic carbocycles. The van der Waals surface area contributed by atoms with E-state index in [0.717, 1.165) is 12.8 Å². The van der Waals surface area contributed by atoms with Crippen LogP contribution >= 0.6 is 0 Å². The van der Waals surface area contributed by atoms with Gasteiger partial charge in [-0.15, -0.1) is 0 Å². The molecule has 0 unspecified atom stereocenters. The van der Waals surface area contributed by atoms with Crippen molar-refractivity contribution in [1.82, 2.24) is 25.8 Å². The number of hydrogen-bond acceptors (Lipinski definition) is 9. The van der Waals surface area contributed by atoms with Gasteiger partial charge in [0.1, 0.15) is 12.4 Å². The van der Waals surface area contributed by atoms with Crippen molar-refractivity contribution in [1.29, 1.82) is 0 Å². The van der Waals surface area contributed by atoms with E-state index >= 15 is 0 Å². The fraction of sp³-hybridized carbons (Fsp3) is 0.697. The van der Waals surface area contributed by atoms with Crippen LogP contribution in [0.1, 0.15) is 38.5 Å². The molecule has 4 fully saturated rings. The van der Waals surface area contributed by atoms with Gasteiger partial charge in [0.05, 0.1) is 25.9 Å². The molecule has 4 amide bonds. The first kappa shape index (κ1) is 34.1. The lowest BCUT2D eigenvalue weighted by atomic mass is 9.81. The minimum Gasteiger partial charge on any atom is -0.484 e. The highest BCUT2D eigenvalue weighted by Crippen LogP contribution is 2.30. The highest BCUT2D eigenvalue weighted by atomic mass is 16.5. The van der Waals surface area contributed by atoms with Crippen molar-refractivity contribution in [2.75, 3.05) is 79.0 Å². The zero-order valence-electron chi connectivity index (χ0n) is 26.7. The number of fused-ring (bicyclic) bond motifs is 3. The van der Waals surface area contributed by atoms with Crippen LogP contribution in [0.15, 0.2) is 30.3 Å². The van der Waals surface area contributed by atoms with Gasteiger partial charge in [-0.25, -0.2) is 0 Å². The smallest absolute Gasteiger partial charge is 0.260 e. The number of rotatable bonds is 4. The van der Waals surface area contributed by atoms with Gasteiger partial charge in [-0.2, -0.15) is 0 Å². The molecule has 4 heterocycles. The van der Waals surface area contributed by atoms with Crippen LogP contribution in [0.5, 0.6) is 5.75 Å². The molecule has 13 heteroatoms. The van der Waals surface area contributed by atoms with Crippen molar-refractivity contribution in [3.05, 3.63) is 30.3 Å². The van der Waals surface area contributed by atoms with Crippen molar-refractivity contribution in [2.45, 2.75) is 56.7 Å². The van der Waals surface area contributed by atoms with Crippen LogP contribution in [0.4, 0.5) is 0 Å². The number of piperidine rings is 1. The van der Waals surface area contributed by atoms with Crippen molar-refractivity contribution in [2.24, 2.45) is 11.8 Å². The molecule has 254 valence electrons. The number of amides is 4. The van der Waals surface area contributed by atoms with Gasteiger partial charge in [0.25, 0.3) is 5.91 Å². The minimum absolute atomic E-state index is 0.0326. The van der Waals surface area contributed by atoms with Crippen molar-refractivity contribution < 1.29 is 38.1 Å². The number of nitrogens with one attached hydrogen (secondary N) is 3. The first-order chi connectivity index (χ1) is 22.5. The summed E-state index contributed by atoms with van der Waals surface area (Å²) in [5.41, 5.74) is 0. The molecule has 0 radical (unpaired) electrons. The molecule has 5 rings (SSSR count). The number of benzene rings is 1. The second-order valence-corrected chi connectivity index (χ2v) is 12.6. The predicted molar refractivity (Wildman–Crippen MR) is 168 cm³/mol. The summed E-state index contributed by atoms with van der Waals surface area (Å²) in [5.74, 6) is 0.325. The Hall–Kier alpha value is -3.26. The van der Waals surface area contributed by atoms with Gasteiger partial charge in [-0.3, -0.25) is 24.1 Å². The molecule has 1 aromatic carbocycles. The van der Waals surface area contributed by atoms with Crippen molar-refractivity contribution >= 4 is 23.6 Å². The van der Waals surface area contributed by atoms with E-state index in [9.17, 15) is 19.2 Å². The number of ether oxygens (including phenoxy) is 4. The molecule has 0 spiro atoms. The third-order valence-electron chi connectivity index (χ3n) is 9.45. The normalized spacial score (nSPS) is 28.6. The molecule has 46 heavy (non-hydrogen) atoms. The molecule has 4 aliphatic heterocycles. The standard InChI is InChI=1S/C33H49N5O8/c39-30-18-24-7-12-37(32(41)23-46-28-4-2-1-3-5-28)20-25(24)6-10-35-33(42)29-19-26(21-38(29)27-8-13-43-14-9-27)36-31(40)22-45-17-16-44-15-11-34-30/h1-5,24-27,29H,6-23H2,(H,34,39)(H,35,42)(H,36,40)/t24-,25-,26-,29-/m0/s1. The molecule has 0 saturated carbocycles. The van der Waals surface area contributed by atoms with Gasteiger partial charge < -0.3 is 39.8 Å². The third kappa shape index (κ3) is 10.1. The van der Waals surface area contributed by atoms with Gasteiger partial charge >= 0.3 is 0 Å². The van der Waals surface area contributed by atoms with E-state index in [2.05, 4.69) is 20.9 Å². The molecule has 0 aromatic heterocycles. The quantitative estimate of drug-likeness (QED) is 0.422. The zero-order chi connectivity index (χ0) is 32.1. The summed E-state index contributed by atoms with van der Waals surface area (Å²) in [5, 5.41) is 9.15. The first-order valence-corrected chi connectivity index (χ1v) is 16.7. The maximum atomic E-state index is 13.6. The van der Waals surface area contributed by atoms with Crippen LogP contribution in [0.2, 0.25) is 0 Å². The minimum atomic E-state index is -0.363. The highest BCUT2D eigenvalue weighted by Gasteiger charge is 2.41. The second kappa shape index (κ2) is 17.6. The fourth-order valence-electron chi connectivity index (χ4n) is 7.03. The Bertz CT molecular complexity index is 1150. The number of nitrogens with zero attached hydrogens (tertiary/aromatic N) is 2. The number of para-hydroxylation sites is 1. The summed E-state index contributed by atoms with van der Waals surface area (Å²) in [6.07, 6.45) is 3.89. The monoisotopic (exact) mass is 643 g/mol. The summed E-state index contributed by atoms with van der Waals surface area (Å²) < 4.78 is 22.3. The van der Waals surface area contributed by atoms with Crippen LogP contribution in [-0.2, 0) is 33.4 Å². The SMILES string of the molecule is O=C1C[C@@H]2CCN(C(=O)COc3ccccc3)C[C@@H]2CCNC(=O)[C@@H]2C[C@@H](CN2C2CCOCC2)NC(=O)COCCOCCN1. The number of hydrogen-bond donors (Lipinski definition) is 3. The number of carbonyl (C=O) groups is 4. The van der Waals surface area contributed by atoms with Crippen LogP contribution in [0.3, 0.4) is 0 Å². The Morgan fingerprint density at radius 2 is 1.61 bits per heavy atom. The molecule has 4 atom stereocenters. The molecular formula is C33H49N5O8. The van der Waals surface area contributed by atoms with E-state index in [4.69, 9.17) is 18.9 Å². The lowest BCUT2D eigenvalue weighted by Crippen LogP contribution is -2.50. The molecule has 4 aliphatic rings. The van der Waals surface area contributed by atoms with Gasteiger partial charge in [-0.1, -0.05) is 18.2 Å². The summed E-state index contributed by atoms with van der Waals surface area (Å²) in [4.78, 5) is 56.3. The van der Waals surface area contributed by atoms with Crippen LogP contribution < -0.4 is 20.7 Å². The Morgan fingerprint density at radius 1 is 0.826 bits per heavy atom. The molecule has 3 N–H and O–H groups in total. The van der Waals surface area contributed by atoms with Gasteiger partial charge in [0, 0.05) is 64.4 Å².